The van der Waals surface area contributed by atoms with Crippen LogP contribution in [0.25, 0.3) is 10.9 Å². The number of thiophene rings is 1. The van der Waals surface area contributed by atoms with Crippen molar-refractivity contribution < 1.29 is 19.1 Å². The molecule has 0 spiro atoms. The number of esters is 1. The highest BCUT2D eigenvalue weighted by molar-refractivity contribution is 9.10. The molecule has 3 N–H and O–H groups in total. The number of benzene rings is 1. The molecule has 2 heterocycles. The smallest absolute Gasteiger partial charge is 0.356 e. The number of hydrogen-bond donors (Lipinski definition) is 3. The van der Waals surface area contributed by atoms with Crippen LogP contribution in [-0.4, -0.2) is 36.0 Å². The van der Waals surface area contributed by atoms with Crippen LogP contribution in [-0.2, 0) is 16.0 Å². The molecule has 7 nitrogen and oxygen atoms in total. The Balaban J connectivity index is 1.47. The van der Waals surface area contributed by atoms with Gasteiger partial charge in [-0.1, -0.05) is 33.6 Å². The average Bonchev–Trinajstić information content (AvgIpc) is 3.28. The standard InChI is InChI=1S/C18H15BrClN3O4S/c19-10-3-4-13-12(8-10)15(20)16(22-13)17(25)27-9-14(24)23-18(26)21-6-5-11-2-1-7-28-11/h1-4,7-8,22H,5-6,9H2,(H2,21,23,24,26). The van der Waals surface area contributed by atoms with Crippen LogP contribution in [0.4, 0.5) is 4.79 Å². The molecule has 0 atom stereocenters. The van der Waals surface area contributed by atoms with Crippen LogP contribution in [0, 0.1) is 0 Å². The van der Waals surface area contributed by atoms with Gasteiger partial charge in [0, 0.05) is 26.8 Å². The fourth-order valence-corrected chi connectivity index (χ4v) is 3.79. The van der Waals surface area contributed by atoms with Gasteiger partial charge in [-0.2, -0.15) is 0 Å². The van der Waals surface area contributed by atoms with Crippen molar-refractivity contribution >= 4 is 67.7 Å². The summed E-state index contributed by atoms with van der Waals surface area (Å²) in [6.07, 6.45) is 0.670. The van der Waals surface area contributed by atoms with E-state index in [9.17, 15) is 14.4 Å². The second-order valence-electron chi connectivity index (χ2n) is 5.71. The number of hydrogen-bond acceptors (Lipinski definition) is 5. The number of aromatic nitrogens is 1. The SMILES string of the molecule is O=C(COC(=O)c1[nH]c2ccc(Br)cc2c1Cl)NC(=O)NCCc1cccs1. The maximum Gasteiger partial charge on any atom is 0.356 e. The summed E-state index contributed by atoms with van der Waals surface area (Å²) in [5.41, 5.74) is 0.706. The molecule has 3 aromatic rings. The van der Waals surface area contributed by atoms with Gasteiger partial charge in [0.1, 0.15) is 5.69 Å². The Morgan fingerprint density at radius 2 is 2.07 bits per heavy atom. The minimum absolute atomic E-state index is 0.0444. The lowest BCUT2D eigenvalue weighted by molar-refractivity contribution is -0.123. The number of ether oxygens (including phenoxy) is 1. The second-order valence-corrected chi connectivity index (χ2v) is 8.04. The molecule has 0 aliphatic heterocycles. The second kappa shape index (κ2) is 9.22. The zero-order valence-electron chi connectivity index (χ0n) is 14.4. The van der Waals surface area contributed by atoms with Gasteiger partial charge in [0.15, 0.2) is 6.61 Å². The number of aromatic amines is 1. The Kier molecular flexibility index (Phi) is 6.71. The van der Waals surface area contributed by atoms with Gasteiger partial charge in [0.2, 0.25) is 0 Å². The van der Waals surface area contributed by atoms with Crippen molar-refractivity contribution in [3.05, 3.63) is 55.8 Å². The monoisotopic (exact) mass is 483 g/mol. The molecule has 2 aromatic heterocycles. The molecule has 10 heteroatoms. The number of urea groups is 1. The topological polar surface area (TPSA) is 100 Å². The van der Waals surface area contributed by atoms with Crippen molar-refractivity contribution in [2.24, 2.45) is 0 Å². The Hall–Kier alpha value is -2.36. The van der Waals surface area contributed by atoms with Crippen LogP contribution in [0.2, 0.25) is 5.02 Å². The molecule has 0 saturated heterocycles. The molecule has 146 valence electrons. The van der Waals surface area contributed by atoms with Gasteiger partial charge in [-0.05, 0) is 36.1 Å². The van der Waals surface area contributed by atoms with E-state index in [-0.39, 0.29) is 10.7 Å². The molecular formula is C18H15BrClN3O4S. The van der Waals surface area contributed by atoms with Crippen molar-refractivity contribution in [2.45, 2.75) is 6.42 Å². The van der Waals surface area contributed by atoms with Gasteiger partial charge in [0.25, 0.3) is 5.91 Å². The van der Waals surface area contributed by atoms with E-state index in [2.05, 4.69) is 31.5 Å². The Morgan fingerprint density at radius 3 is 2.82 bits per heavy atom. The van der Waals surface area contributed by atoms with E-state index in [0.29, 0.717) is 23.9 Å². The van der Waals surface area contributed by atoms with Crippen molar-refractivity contribution in [1.82, 2.24) is 15.6 Å². The Bertz CT molecular complexity index is 1020. The lowest BCUT2D eigenvalue weighted by atomic mass is 10.2. The zero-order valence-corrected chi connectivity index (χ0v) is 17.5. The van der Waals surface area contributed by atoms with E-state index in [1.165, 1.54) is 0 Å². The Morgan fingerprint density at radius 1 is 1.25 bits per heavy atom. The minimum Gasteiger partial charge on any atom is -0.451 e. The van der Waals surface area contributed by atoms with Gasteiger partial charge in [-0.15, -0.1) is 11.3 Å². The number of halogens is 2. The predicted octanol–water partition coefficient (Wildman–Crippen LogP) is 3.87. The first-order valence-electron chi connectivity index (χ1n) is 8.18. The summed E-state index contributed by atoms with van der Waals surface area (Å²) in [5, 5.41) is 7.47. The van der Waals surface area contributed by atoms with Gasteiger partial charge in [-0.3, -0.25) is 10.1 Å². The molecule has 0 radical (unpaired) electrons. The molecule has 1 aromatic carbocycles. The van der Waals surface area contributed by atoms with Crippen molar-refractivity contribution in [3.63, 3.8) is 0 Å². The number of H-pyrrole nitrogens is 1. The summed E-state index contributed by atoms with van der Waals surface area (Å²) >= 11 is 11.1. The van der Waals surface area contributed by atoms with Crippen LogP contribution in [0.1, 0.15) is 15.4 Å². The largest absolute Gasteiger partial charge is 0.451 e. The number of amides is 3. The van der Waals surface area contributed by atoms with E-state index >= 15 is 0 Å². The summed E-state index contributed by atoms with van der Waals surface area (Å²) in [5.74, 6) is -1.53. The van der Waals surface area contributed by atoms with E-state index in [1.807, 2.05) is 17.5 Å². The number of nitrogens with one attached hydrogen (secondary N) is 3. The number of rotatable bonds is 6. The van der Waals surface area contributed by atoms with Gasteiger partial charge in [0.05, 0.1) is 5.02 Å². The van der Waals surface area contributed by atoms with Crippen LogP contribution < -0.4 is 10.6 Å². The molecule has 0 aliphatic carbocycles. The zero-order chi connectivity index (χ0) is 20.1. The molecular weight excluding hydrogens is 470 g/mol. The fraction of sp³-hybridized carbons (Fsp3) is 0.167. The molecule has 0 saturated carbocycles. The summed E-state index contributed by atoms with van der Waals surface area (Å²) in [7, 11) is 0. The minimum atomic E-state index is -0.787. The first-order valence-corrected chi connectivity index (χ1v) is 10.2. The quantitative estimate of drug-likeness (QED) is 0.462. The third-order valence-electron chi connectivity index (χ3n) is 3.73. The van der Waals surface area contributed by atoms with Crippen LogP contribution in [0.15, 0.2) is 40.2 Å². The first-order chi connectivity index (χ1) is 13.4. The molecule has 3 amide bonds. The van der Waals surface area contributed by atoms with E-state index in [4.69, 9.17) is 16.3 Å². The number of imide groups is 1. The third kappa shape index (κ3) is 5.12. The third-order valence-corrected chi connectivity index (χ3v) is 5.55. The van der Waals surface area contributed by atoms with Crippen molar-refractivity contribution in [3.8, 4) is 0 Å². The highest BCUT2D eigenvalue weighted by atomic mass is 79.9. The predicted molar refractivity (Wildman–Crippen MR) is 111 cm³/mol. The highest BCUT2D eigenvalue weighted by Crippen LogP contribution is 2.30. The number of carbonyl (C=O) groups is 3. The van der Waals surface area contributed by atoms with E-state index in [1.54, 1.807) is 29.5 Å². The van der Waals surface area contributed by atoms with E-state index in [0.717, 1.165) is 9.35 Å². The van der Waals surface area contributed by atoms with Gasteiger partial charge in [-0.25, -0.2) is 9.59 Å². The van der Waals surface area contributed by atoms with Crippen molar-refractivity contribution in [1.29, 1.82) is 0 Å². The van der Waals surface area contributed by atoms with Crippen molar-refractivity contribution in [2.75, 3.05) is 13.2 Å². The maximum atomic E-state index is 12.2. The molecule has 0 bridgehead atoms. The maximum absolute atomic E-state index is 12.2. The number of fused-ring (bicyclic) bond motifs is 1. The normalized spacial score (nSPS) is 10.6. The number of carbonyl (C=O) groups excluding carboxylic acids is 3. The summed E-state index contributed by atoms with van der Waals surface area (Å²) in [6.45, 7) is -0.216. The molecule has 3 rings (SSSR count). The molecule has 28 heavy (non-hydrogen) atoms. The van der Waals surface area contributed by atoms with Gasteiger partial charge >= 0.3 is 12.0 Å². The lowest BCUT2D eigenvalue weighted by Gasteiger charge is -2.07. The Labute approximate surface area is 177 Å². The molecule has 0 fully saturated rings. The summed E-state index contributed by atoms with van der Waals surface area (Å²) < 4.78 is 5.75. The summed E-state index contributed by atoms with van der Waals surface area (Å²) in [4.78, 5) is 39.6. The van der Waals surface area contributed by atoms with Crippen LogP contribution >= 0.6 is 38.9 Å². The summed E-state index contributed by atoms with van der Waals surface area (Å²) in [6, 6.07) is 8.56. The first kappa shape index (κ1) is 20.4. The lowest BCUT2D eigenvalue weighted by Crippen LogP contribution is -2.42. The molecule has 0 aliphatic rings. The average molecular weight is 485 g/mol. The van der Waals surface area contributed by atoms with Crippen LogP contribution in [0.5, 0.6) is 0 Å². The highest BCUT2D eigenvalue weighted by Gasteiger charge is 2.19. The van der Waals surface area contributed by atoms with E-state index < -0.39 is 24.5 Å². The van der Waals surface area contributed by atoms with Crippen LogP contribution in [0.3, 0.4) is 0 Å². The van der Waals surface area contributed by atoms with Gasteiger partial charge < -0.3 is 15.0 Å². The molecule has 0 unspecified atom stereocenters. The fourth-order valence-electron chi connectivity index (χ4n) is 2.44.